The van der Waals surface area contributed by atoms with E-state index in [4.69, 9.17) is 5.73 Å². The molecule has 11 nitrogen and oxygen atoms in total. The van der Waals surface area contributed by atoms with Gasteiger partial charge in [0.05, 0.1) is 28.7 Å². The Morgan fingerprint density at radius 1 is 0.759 bits per heavy atom. The van der Waals surface area contributed by atoms with E-state index in [2.05, 4.69) is 40.4 Å². The number of benzene rings is 3. The molecule has 0 fully saturated rings. The lowest BCUT2D eigenvalue weighted by molar-refractivity contribution is -0.137. The second-order valence-electron chi connectivity index (χ2n) is 14.7. The fraction of sp³-hybridized carbons (Fsp3) is 0.227. The minimum Gasteiger partial charge on any atom is -0.368 e. The number of rotatable bonds is 9. The molecule has 4 N–H and O–H groups in total. The van der Waals surface area contributed by atoms with Crippen LogP contribution >= 0.6 is 0 Å². The van der Waals surface area contributed by atoms with Crippen molar-refractivity contribution in [3.05, 3.63) is 160 Å². The van der Waals surface area contributed by atoms with Crippen molar-refractivity contribution in [1.29, 1.82) is 0 Å². The van der Waals surface area contributed by atoms with Crippen LogP contribution in [0.1, 0.15) is 72.6 Å². The zero-order chi connectivity index (χ0) is 40.4. The third-order valence-electron chi connectivity index (χ3n) is 10.6. The lowest BCUT2D eigenvalue weighted by Gasteiger charge is -2.30. The molecule has 3 aromatic heterocycles. The van der Waals surface area contributed by atoms with E-state index >= 15 is 0 Å². The number of pyridine rings is 2. The average Bonchev–Trinajstić information content (AvgIpc) is 3.23. The zero-order valence-electron chi connectivity index (χ0n) is 31.6. The van der Waals surface area contributed by atoms with Crippen LogP contribution in [0.25, 0.3) is 0 Å². The standard InChI is InChI=1S/C44H40F3N9O2/c1-27(30-3-2-4-37(19-30)53-42(58)32-20-39(24-50-21-32)56-14-11-40-34(26-56)23-51-43(48)54-40)15-28-16-31(18-35(17-28)44(45,46)47)41(57)52-36-5-7-38(8-6-36)55-13-10-29-9-12-49-22-33(29)25-55/h2-9,12,16-24,27H,10-11,13-15,25-26H2,1H3,(H,52,57)(H,53,58)(H2,48,51,54). The Balaban J connectivity index is 0.926. The Kier molecular flexibility index (Phi) is 10.5. The highest BCUT2D eigenvalue weighted by molar-refractivity contribution is 6.05. The number of hydrogen-bond donors (Lipinski definition) is 3. The van der Waals surface area contributed by atoms with E-state index in [1.54, 1.807) is 55.0 Å². The van der Waals surface area contributed by atoms with Crippen molar-refractivity contribution >= 4 is 40.5 Å². The number of amides is 2. The molecule has 2 aliphatic rings. The van der Waals surface area contributed by atoms with Crippen molar-refractivity contribution < 1.29 is 22.8 Å². The molecule has 1 atom stereocenters. The maximum absolute atomic E-state index is 14.1. The van der Waals surface area contributed by atoms with Crippen LogP contribution in [0.15, 0.2) is 110 Å². The Morgan fingerprint density at radius 3 is 2.34 bits per heavy atom. The summed E-state index contributed by atoms with van der Waals surface area (Å²) in [4.78, 5) is 48.1. The second-order valence-corrected chi connectivity index (χ2v) is 14.7. The van der Waals surface area contributed by atoms with Crippen molar-refractivity contribution in [2.75, 3.05) is 39.3 Å². The normalized spacial score (nSPS) is 14.3. The van der Waals surface area contributed by atoms with Crippen molar-refractivity contribution in [3.8, 4) is 0 Å². The molecule has 14 heteroatoms. The van der Waals surface area contributed by atoms with Gasteiger partial charge >= 0.3 is 6.18 Å². The highest BCUT2D eigenvalue weighted by Crippen LogP contribution is 2.33. The first-order valence-corrected chi connectivity index (χ1v) is 19.0. The van der Waals surface area contributed by atoms with Gasteiger partial charge in [0.25, 0.3) is 11.8 Å². The first kappa shape index (κ1) is 38.1. The first-order chi connectivity index (χ1) is 27.9. The fourth-order valence-electron chi connectivity index (χ4n) is 7.54. The lowest BCUT2D eigenvalue weighted by atomic mass is 9.91. The summed E-state index contributed by atoms with van der Waals surface area (Å²) in [6.07, 6.45) is 5.73. The summed E-state index contributed by atoms with van der Waals surface area (Å²) in [5, 5.41) is 5.70. The van der Waals surface area contributed by atoms with Gasteiger partial charge in [0.1, 0.15) is 0 Å². The van der Waals surface area contributed by atoms with E-state index in [-0.39, 0.29) is 29.8 Å². The van der Waals surface area contributed by atoms with Gasteiger partial charge in [-0.25, -0.2) is 9.97 Å². The maximum Gasteiger partial charge on any atom is 0.416 e. The molecule has 0 spiro atoms. The van der Waals surface area contributed by atoms with E-state index < -0.39 is 17.6 Å². The molecule has 1 unspecified atom stereocenters. The third kappa shape index (κ3) is 8.60. The Bertz CT molecular complexity index is 2490. The van der Waals surface area contributed by atoms with Gasteiger partial charge in [0.2, 0.25) is 5.95 Å². The predicted molar refractivity (Wildman–Crippen MR) is 217 cm³/mol. The van der Waals surface area contributed by atoms with Gasteiger partial charge < -0.3 is 26.2 Å². The Labute approximate surface area is 333 Å². The molecule has 0 aliphatic carbocycles. The number of alkyl halides is 3. The summed E-state index contributed by atoms with van der Waals surface area (Å²) in [5.41, 5.74) is 13.4. The second kappa shape index (κ2) is 16.0. The SMILES string of the molecule is CC(Cc1cc(C(=O)Nc2ccc(N3CCc4ccncc4C3)cc2)cc(C(F)(F)F)c1)c1cccc(NC(=O)c2cncc(N3CCc4nc(N)ncc4C3)c2)c1. The van der Waals surface area contributed by atoms with Crippen molar-refractivity contribution in [2.24, 2.45) is 0 Å². The molecule has 8 rings (SSSR count). The maximum atomic E-state index is 14.1. The third-order valence-corrected chi connectivity index (χ3v) is 10.6. The van der Waals surface area contributed by atoms with Crippen LogP contribution < -0.4 is 26.2 Å². The quantitative estimate of drug-likeness (QED) is 0.134. The smallest absolute Gasteiger partial charge is 0.368 e. The number of halogens is 3. The Hall–Kier alpha value is -6.83. The van der Waals surface area contributed by atoms with Crippen molar-refractivity contribution in [3.63, 3.8) is 0 Å². The van der Waals surface area contributed by atoms with Crippen LogP contribution in [0.4, 0.5) is 41.9 Å². The monoisotopic (exact) mass is 783 g/mol. The number of carbonyl (C=O) groups is 2. The zero-order valence-corrected chi connectivity index (χ0v) is 31.6. The first-order valence-electron chi connectivity index (χ1n) is 19.0. The number of anilines is 5. The van der Waals surface area contributed by atoms with Gasteiger partial charge in [-0.05, 0) is 108 Å². The van der Waals surface area contributed by atoms with Crippen LogP contribution in [0, 0.1) is 0 Å². The lowest BCUT2D eigenvalue weighted by Crippen LogP contribution is -2.31. The summed E-state index contributed by atoms with van der Waals surface area (Å²) in [5.74, 6) is -1.01. The summed E-state index contributed by atoms with van der Waals surface area (Å²) in [7, 11) is 0. The van der Waals surface area contributed by atoms with Gasteiger partial charge in [-0.2, -0.15) is 13.2 Å². The number of nitrogen functional groups attached to an aromatic ring is 1. The molecule has 0 saturated carbocycles. The fourth-order valence-corrected chi connectivity index (χ4v) is 7.54. The molecule has 294 valence electrons. The van der Waals surface area contributed by atoms with E-state index in [1.165, 1.54) is 23.4 Å². The molecule has 5 heterocycles. The van der Waals surface area contributed by atoms with Crippen LogP contribution in [0.5, 0.6) is 0 Å². The summed E-state index contributed by atoms with van der Waals surface area (Å²) in [6, 6.07) is 21.8. The molecule has 2 aliphatic heterocycles. The van der Waals surface area contributed by atoms with E-state index in [1.807, 2.05) is 37.4 Å². The largest absolute Gasteiger partial charge is 0.416 e. The molecule has 6 aromatic rings. The highest BCUT2D eigenvalue weighted by atomic mass is 19.4. The number of carbonyl (C=O) groups excluding carboxylic acids is 2. The molecule has 0 radical (unpaired) electrons. The van der Waals surface area contributed by atoms with E-state index in [0.29, 0.717) is 42.0 Å². The number of nitrogens with one attached hydrogen (secondary N) is 2. The van der Waals surface area contributed by atoms with Crippen LogP contribution in [-0.4, -0.2) is 44.8 Å². The number of nitrogens with zero attached hydrogens (tertiary/aromatic N) is 6. The van der Waals surface area contributed by atoms with Crippen molar-refractivity contribution in [1.82, 2.24) is 19.9 Å². The minimum atomic E-state index is -4.66. The Morgan fingerprint density at radius 2 is 1.52 bits per heavy atom. The summed E-state index contributed by atoms with van der Waals surface area (Å²) >= 11 is 0. The number of hydrogen-bond acceptors (Lipinski definition) is 9. The van der Waals surface area contributed by atoms with E-state index in [9.17, 15) is 22.8 Å². The van der Waals surface area contributed by atoms with Crippen LogP contribution in [0.3, 0.4) is 0 Å². The van der Waals surface area contributed by atoms with Gasteiger partial charge in [-0.1, -0.05) is 19.1 Å². The van der Waals surface area contributed by atoms with Gasteiger partial charge in [-0.15, -0.1) is 0 Å². The predicted octanol–water partition coefficient (Wildman–Crippen LogP) is 7.84. The summed E-state index contributed by atoms with van der Waals surface area (Å²) < 4.78 is 42.4. The molecule has 0 bridgehead atoms. The van der Waals surface area contributed by atoms with Gasteiger partial charge in [0, 0.05) is 85.6 Å². The molecular weight excluding hydrogens is 744 g/mol. The van der Waals surface area contributed by atoms with Gasteiger partial charge in [0.15, 0.2) is 0 Å². The molecular formula is C44H40F3N9O2. The molecule has 58 heavy (non-hydrogen) atoms. The molecule has 0 saturated heterocycles. The highest BCUT2D eigenvalue weighted by Gasteiger charge is 2.32. The number of fused-ring (bicyclic) bond motifs is 2. The van der Waals surface area contributed by atoms with E-state index in [0.717, 1.165) is 59.8 Å². The van der Waals surface area contributed by atoms with Crippen molar-refractivity contribution in [2.45, 2.75) is 51.4 Å². The molecule has 3 aromatic carbocycles. The average molecular weight is 784 g/mol. The minimum absolute atomic E-state index is 0.0927. The summed E-state index contributed by atoms with van der Waals surface area (Å²) in [6.45, 7) is 4.68. The number of nitrogens with two attached hydrogens (primary N) is 1. The topological polar surface area (TPSA) is 142 Å². The molecule has 2 amide bonds. The van der Waals surface area contributed by atoms with Crippen LogP contribution in [0.2, 0.25) is 0 Å². The van der Waals surface area contributed by atoms with Gasteiger partial charge in [-0.3, -0.25) is 19.6 Å². The number of aromatic nitrogens is 4. The van der Waals surface area contributed by atoms with Crippen LogP contribution in [-0.2, 0) is 38.5 Å².